The normalized spacial score (nSPS) is 11.1. The standard InChI is InChI=1S/C14H21NO2/c1-5-9-15-11-7-6-8-12(10-11)17-13(16)14(2,3)4/h6-8,10,15H,5,9H2,1-4H3. The molecule has 0 saturated heterocycles. The van der Waals surface area contributed by atoms with Gasteiger partial charge in [-0.3, -0.25) is 4.79 Å². The number of anilines is 1. The van der Waals surface area contributed by atoms with Crippen molar-refractivity contribution < 1.29 is 9.53 Å². The van der Waals surface area contributed by atoms with Crippen LogP contribution in [0, 0.1) is 5.41 Å². The zero-order valence-electron chi connectivity index (χ0n) is 11.0. The molecule has 0 atom stereocenters. The molecule has 1 rings (SSSR count). The minimum absolute atomic E-state index is 0.217. The van der Waals surface area contributed by atoms with Crippen molar-refractivity contribution in [2.45, 2.75) is 34.1 Å². The Kier molecular flexibility index (Phi) is 4.55. The van der Waals surface area contributed by atoms with E-state index in [1.165, 1.54) is 0 Å². The zero-order valence-corrected chi connectivity index (χ0v) is 11.0. The van der Waals surface area contributed by atoms with Gasteiger partial charge >= 0.3 is 5.97 Å². The molecule has 0 unspecified atom stereocenters. The van der Waals surface area contributed by atoms with Gasteiger partial charge in [-0.15, -0.1) is 0 Å². The molecule has 0 radical (unpaired) electrons. The molecule has 3 nitrogen and oxygen atoms in total. The van der Waals surface area contributed by atoms with Gasteiger partial charge in [-0.05, 0) is 39.3 Å². The predicted molar refractivity (Wildman–Crippen MR) is 70.3 cm³/mol. The van der Waals surface area contributed by atoms with Crippen molar-refractivity contribution in [3.05, 3.63) is 24.3 Å². The van der Waals surface area contributed by atoms with Crippen molar-refractivity contribution in [1.82, 2.24) is 0 Å². The molecule has 17 heavy (non-hydrogen) atoms. The quantitative estimate of drug-likeness (QED) is 0.641. The van der Waals surface area contributed by atoms with Gasteiger partial charge in [-0.1, -0.05) is 13.0 Å². The highest BCUT2D eigenvalue weighted by Gasteiger charge is 2.23. The molecule has 0 fully saturated rings. The van der Waals surface area contributed by atoms with Crippen molar-refractivity contribution in [3.8, 4) is 5.75 Å². The molecule has 0 heterocycles. The van der Waals surface area contributed by atoms with E-state index >= 15 is 0 Å². The molecule has 3 heteroatoms. The third-order valence-corrected chi connectivity index (χ3v) is 2.24. The largest absolute Gasteiger partial charge is 0.426 e. The Bertz CT molecular complexity index is 380. The highest BCUT2D eigenvalue weighted by molar-refractivity contribution is 5.78. The molecule has 1 aromatic carbocycles. The molecule has 1 N–H and O–H groups in total. The van der Waals surface area contributed by atoms with Gasteiger partial charge in [0.1, 0.15) is 5.75 Å². The van der Waals surface area contributed by atoms with Gasteiger partial charge in [0, 0.05) is 18.3 Å². The van der Waals surface area contributed by atoms with Crippen LogP contribution in [0.2, 0.25) is 0 Å². The molecular formula is C14H21NO2. The van der Waals surface area contributed by atoms with Gasteiger partial charge in [0.05, 0.1) is 5.41 Å². The topological polar surface area (TPSA) is 38.3 Å². The van der Waals surface area contributed by atoms with Crippen LogP contribution in [0.3, 0.4) is 0 Å². The lowest BCUT2D eigenvalue weighted by atomic mass is 9.97. The number of benzene rings is 1. The molecule has 0 aromatic heterocycles. The maximum Gasteiger partial charge on any atom is 0.316 e. The average Bonchev–Trinajstić information content (AvgIpc) is 2.25. The second-order valence-electron chi connectivity index (χ2n) is 5.09. The summed E-state index contributed by atoms with van der Waals surface area (Å²) in [6.07, 6.45) is 1.06. The molecule has 0 amide bonds. The number of carbonyl (C=O) groups is 1. The van der Waals surface area contributed by atoms with E-state index in [0.29, 0.717) is 5.75 Å². The van der Waals surface area contributed by atoms with Gasteiger partial charge in [0.15, 0.2) is 0 Å². The fourth-order valence-electron chi connectivity index (χ4n) is 1.20. The van der Waals surface area contributed by atoms with Crippen molar-refractivity contribution >= 4 is 11.7 Å². The Hall–Kier alpha value is -1.51. The SMILES string of the molecule is CCCNc1cccc(OC(=O)C(C)(C)C)c1. The van der Waals surface area contributed by atoms with Crippen LogP contribution in [-0.4, -0.2) is 12.5 Å². The molecule has 0 bridgehead atoms. The Labute approximate surface area is 103 Å². The van der Waals surface area contributed by atoms with Crippen LogP contribution in [0.4, 0.5) is 5.69 Å². The molecule has 0 spiro atoms. The van der Waals surface area contributed by atoms with Crippen LogP contribution in [-0.2, 0) is 4.79 Å². The minimum Gasteiger partial charge on any atom is -0.426 e. The van der Waals surface area contributed by atoms with E-state index in [4.69, 9.17) is 4.74 Å². The summed E-state index contributed by atoms with van der Waals surface area (Å²) in [6.45, 7) is 8.55. The summed E-state index contributed by atoms with van der Waals surface area (Å²) in [5, 5.41) is 3.26. The predicted octanol–water partition coefficient (Wildman–Crippen LogP) is 3.46. The van der Waals surface area contributed by atoms with E-state index in [2.05, 4.69) is 12.2 Å². The molecule has 0 aliphatic heterocycles. The number of rotatable bonds is 4. The number of hydrogen-bond acceptors (Lipinski definition) is 3. The average molecular weight is 235 g/mol. The fraction of sp³-hybridized carbons (Fsp3) is 0.500. The van der Waals surface area contributed by atoms with E-state index in [0.717, 1.165) is 18.7 Å². The summed E-state index contributed by atoms with van der Waals surface area (Å²) in [4.78, 5) is 11.7. The summed E-state index contributed by atoms with van der Waals surface area (Å²) in [7, 11) is 0. The van der Waals surface area contributed by atoms with Crippen LogP contribution in [0.1, 0.15) is 34.1 Å². The first-order valence-corrected chi connectivity index (χ1v) is 5.99. The number of esters is 1. The third-order valence-electron chi connectivity index (χ3n) is 2.24. The zero-order chi connectivity index (χ0) is 12.9. The van der Waals surface area contributed by atoms with Gasteiger partial charge in [0.25, 0.3) is 0 Å². The van der Waals surface area contributed by atoms with E-state index in [1.807, 2.05) is 39.0 Å². The summed E-state index contributed by atoms with van der Waals surface area (Å²) >= 11 is 0. The van der Waals surface area contributed by atoms with Gasteiger partial charge in [0.2, 0.25) is 0 Å². The summed E-state index contributed by atoms with van der Waals surface area (Å²) < 4.78 is 5.32. The van der Waals surface area contributed by atoms with Crippen LogP contribution >= 0.6 is 0 Å². The van der Waals surface area contributed by atoms with E-state index in [1.54, 1.807) is 6.07 Å². The molecule has 1 aromatic rings. The third kappa shape index (κ3) is 4.47. The highest BCUT2D eigenvalue weighted by Crippen LogP contribution is 2.22. The minimum atomic E-state index is -0.479. The number of hydrogen-bond donors (Lipinski definition) is 1. The van der Waals surface area contributed by atoms with Crippen LogP contribution in [0.25, 0.3) is 0 Å². The number of ether oxygens (including phenoxy) is 1. The number of nitrogens with one attached hydrogen (secondary N) is 1. The lowest BCUT2D eigenvalue weighted by Crippen LogP contribution is -2.25. The second kappa shape index (κ2) is 5.71. The van der Waals surface area contributed by atoms with Crippen molar-refractivity contribution in [3.63, 3.8) is 0 Å². The molecule has 0 aliphatic rings. The lowest BCUT2D eigenvalue weighted by Gasteiger charge is -2.16. The summed E-state index contributed by atoms with van der Waals surface area (Å²) in [5.74, 6) is 0.371. The van der Waals surface area contributed by atoms with E-state index in [-0.39, 0.29) is 5.97 Å². The fourth-order valence-corrected chi connectivity index (χ4v) is 1.20. The van der Waals surface area contributed by atoms with Crippen molar-refractivity contribution in [2.75, 3.05) is 11.9 Å². The lowest BCUT2D eigenvalue weighted by molar-refractivity contribution is -0.142. The first-order valence-electron chi connectivity index (χ1n) is 5.99. The molecule has 94 valence electrons. The summed E-state index contributed by atoms with van der Waals surface area (Å²) in [6, 6.07) is 7.48. The Morgan fingerprint density at radius 3 is 2.65 bits per heavy atom. The first kappa shape index (κ1) is 13.6. The monoisotopic (exact) mass is 235 g/mol. The van der Waals surface area contributed by atoms with Crippen molar-refractivity contribution in [1.29, 1.82) is 0 Å². The van der Waals surface area contributed by atoms with Crippen LogP contribution in [0.5, 0.6) is 5.75 Å². The molecular weight excluding hydrogens is 214 g/mol. The van der Waals surface area contributed by atoms with Gasteiger partial charge < -0.3 is 10.1 Å². The Morgan fingerprint density at radius 2 is 2.06 bits per heavy atom. The van der Waals surface area contributed by atoms with Gasteiger partial charge in [-0.25, -0.2) is 0 Å². The molecule has 0 aliphatic carbocycles. The van der Waals surface area contributed by atoms with Crippen LogP contribution in [0.15, 0.2) is 24.3 Å². The van der Waals surface area contributed by atoms with Crippen LogP contribution < -0.4 is 10.1 Å². The van der Waals surface area contributed by atoms with E-state index < -0.39 is 5.41 Å². The molecule has 0 saturated carbocycles. The summed E-state index contributed by atoms with van der Waals surface area (Å²) in [5.41, 5.74) is 0.499. The smallest absolute Gasteiger partial charge is 0.316 e. The first-order chi connectivity index (χ1) is 7.93. The van der Waals surface area contributed by atoms with Crippen molar-refractivity contribution in [2.24, 2.45) is 5.41 Å². The second-order valence-corrected chi connectivity index (χ2v) is 5.09. The Balaban J connectivity index is 2.69. The number of carbonyl (C=O) groups excluding carboxylic acids is 1. The maximum atomic E-state index is 11.7. The highest BCUT2D eigenvalue weighted by atomic mass is 16.5. The van der Waals surface area contributed by atoms with Gasteiger partial charge in [-0.2, -0.15) is 0 Å². The Morgan fingerprint density at radius 1 is 1.35 bits per heavy atom. The maximum absolute atomic E-state index is 11.7. The van der Waals surface area contributed by atoms with E-state index in [9.17, 15) is 4.79 Å².